The Morgan fingerprint density at radius 1 is 1.25 bits per heavy atom. The van der Waals surface area contributed by atoms with E-state index in [0.717, 1.165) is 23.7 Å². The zero-order chi connectivity index (χ0) is 11.4. The number of benzene rings is 1. The van der Waals surface area contributed by atoms with E-state index in [0.29, 0.717) is 18.1 Å². The Hall–Kier alpha value is -0.630. The maximum Gasteiger partial charge on any atom is 0.136 e. The van der Waals surface area contributed by atoms with Crippen LogP contribution in [0.1, 0.15) is 37.7 Å². The van der Waals surface area contributed by atoms with Crippen molar-refractivity contribution in [3.63, 3.8) is 0 Å². The van der Waals surface area contributed by atoms with E-state index >= 15 is 0 Å². The highest BCUT2D eigenvalue weighted by atomic mass is 79.9. The maximum absolute atomic E-state index is 11.9. The molecule has 1 aliphatic rings. The molecule has 0 spiro atoms. The molecule has 0 bridgehead atoms. The molecule has 0 radical (unpaired) electrons. The topological polar surface area (TPSA) is 17.1 Å². The van der Waals surface area contributed by atoms with Gasteiger partial charge in [-0.3, -0.25) is 4.79 Å². The Labute approximate surface area is 105 Å². The lowest BCUT2D eigenvalue weighted by molar-refractivity contribution is -0.122. The summed E-state index contributed by atoms with van der Waals surface area (Å²) in [5.74, 6) is 0.829. The predicted molar refractivity (Wildman–Crippen MR) is 69.4 cm³/mol. The minimum atomic E-state index is 0.363. The molecule has 0 atom stereocenters. The van der Waals surface area contributed by atoms with Crippen molar-refractivity contribution >= 4 is 21.7 Å². The summed E-state index contributed by atoms with van der Waals surface area (Å²) < 4.78 is 1.12. The summed E-state index contributed by atoms with van der Waals surface area (Å²) in [6.45, 7) is 0. The molecule has 0 unspecified atom stereocenters. The normalized spacial score (nSPS) is 16.6. The Balaban J connectivity index is 1.87. The first-order chi connectivity index (χ1) is 7.77. The highest BCUT2D eigenvalue weighted by Gasteiger charge is 2.21. The predicted octanol–water partition coefficient (Wildman–Crippen LogP) is 4.14. The SMILES string of the molecule is O=C(CCc1ccccc1Br)C1CCCC1. The highest BCUT2D eigenvalue weighted by molar-refractivity contribution is 9.10. The smallest absolute Gasteiger partial charge is 0.136 e. The van der Waals surface area contributed by atoms with Gasteiger partial charge in [-0.1, -0.05) is 47.0 Å². The Bertz CT molecular complexity index is 367. The lowest BCUT2D eigenvalue weighted by Crippen LogP contribution is -2.11. The average molecular weight is 281 g/mol. The number of ketones is 1. The van der Waals surface area contributed by atoms with Gasteiger partial charge in [0.1, 0.15) is 5.78 Å². The first-order valence-electron chi connectivity index (χ1n) is 6.03. The molecule has 0 aliphatic heterocycles. The van der Waals surface area contributed by atoms with E-state index in [1.165, 1.54) is 18.4 Å². The lowest BCUT2D eigenvalue weighted by Gasteiger charge is -2.08. The van der Waals surface area contributed by atoms with Crippen molar-refractivity contribution in [2.75, 3.05) is 0 Å². The molecule has 2 rings (SSSR count). The fourth-order valence-electron chi connectivity index (χ4n) is 2.41. The Morgan fingerprint density at radius 3 is 2.62 bits per heavy atom. The van der Waals surface area contributed by atoms with Crippen LogP contribution < -0.4 is 0 Å². The monoisotopic (exact) mass is 280 g/mol. The van der Waals surface area contributed by atoms with Crippen LogP contribution in [0.5, 0.6) is 0 Å². The number of hydrogen-bond donors (Lipinski definition) is 0. The molecule has 1 aromatic carbocycles. The van der Waals surface area contributed by atoms with E-state index in [9.17, 15) is 4.79 Å². The summed E-state index contributed by atoms with van der Waals surface area (Å²) in [5.41, 5.74) is 1.24. The molecule has 2 heteroatoms. The van der Waals surface area contributed by atoms with Gasteiger partial charge in [0.25, 0.3) is 0 Å². The lowest BCUT2D eigenvalue weighted by atomic mass is 9.97. The van der Waals surface area contributed by atoms with E-state index in [2.05, 4.69) is 22.0 Å². The molecule has 0 heterocycles. The highest BCUT2D eigenvalue weighted by Crippen LogP contribution is 2.27. The molecule has 16 heavy (non-hydrogen) atoms. The number of carbonyl (C=O) groups is 1. The summed E-state index contributed by atoms with van der Waals surface area (Å²) in [5, 5.41) is 0. The molecule has 0 amide bonds. The van der Waals surface area contributed by atoms with Gasteiger partial charge in [-0.05, 0) is 30.9 Å². The molecule has 1 aromatic rings. The molecular weight excluding hydrogens is 264 g/mol. The van der Waals surface area contributed by atoms with E-state index < -0.39 is 0 Å². The van der Waals surface area contributed by atoms with Gasteiger partial charge in [0.2, 0.25) is 0 Å². The molecule has 1 fully saturated rings. The summed E-state index contributed by atoms with van der Waals surface area (Å²) in [6, 6.07) is 8.16. The van der Waals surface area contributed by atoms with Gasteiger partial charge < -0.3 is 0 Å². The van der Waals surface area contributed by atoms with Crippen molar-refractivity contribution in [1.29, 1.82) is 0 Å². The summed E-state index contributed by atoms with van der Waals surface area (Å²) in [7, 11) is 0. The number of aryl methyl sites for hydroxylation is 1. The average Bonchev–Trinajstić information content (AvgIpc) is 2.81. The number of Topliss-reactive ketones (excluding diaryl/α,β-unsaturated/α-hetero) is 1. The zero-order valence-electron chi connectivity index (χ0n) is 9.42. The first kappa shape index (κ1) is 11.8. The molecule has 0 saturated heterocycles. The minimum absolute atomic E-state index is 0.363. The van der Waals surface area contributed by atoms with Gasteiger partial charge in [-0.2, -0.15) is 0 Å². The van der Waals surface area contributed by atoms with Crippen LogP contribution in [0, 0.1) is 5.92 Å². The van der Waals surface area contributed by atoms with Crippen LogP contribution in [0.25, 0.3) is 0 Å². The fourth-order valence-corrected chi connectivity index (χ4v) is 2.89. The molecule has 86 valence electrons. The molecular formula is C14H17BrO. The van der Waals surface area contributed by atoms with Crippen LogP contribution in [-0.4, -0.2) is 5.78 Å². The van der Waals surface area contributed by atoms with Crippen LogP contribution in [0.3, 0.4) is 0 Å². The third-order valence-electron chi connectivity index (χ3n) is 3.41. The van der Waals surface area contributed by atoms with Crippen LogP contribution in [0.15, 0.2) is 28.7 Å². The van der Waals surface area contributed by atoms with Crippen LogP contribution >= 0.6 is 15.9 Å². The molecule has 0 aromatic heterocycles. The van der Waals surface area contributed by atoms with Crippen molar-refractivity contribution in [2.45, 2.75) is 38.5 Å². The summed E-state index contributed by atoms with van der Waals surface area (Å²) in [4.78, 5) is 11.9. The van der Waals surface area contributed by atoms with Crippen molar-refractivity contribution in [1.82, 2.24) is 0 Å². The maximum atomic E-state index is 11.9. The Kier molecular flexibility index (Phi) is 4.16. The van der Waals surface area contributed by atoms with Crippen LogP contribution in [0.2, 0.25) is 0 Å². The molecule has 0 N–H and O–H groups in total. The molecule has 1 saturated carbocycles. The second-order valence-corrected chi connectivity index (χ2v) is 5.39. The van der Waals surface area contributed by atoms with E-state index in [-0.39, 0.29) is 0 Å². The van der Waals surface area contributed by atoms with Gasteiger partial charge in [-0.25, -0.2) is 0 Å². The van der Waals surface area contributed by atoms with E-state index in [4.69, 9.17) is 0 Å². The second-order valence-electron chi connectivity index (χ2n) is 4.54. The van der Waals surface area contributed by atoms with Crippen molar-refractivity contribution in [2.24, 2.45) is 5.92 Å². The first-order valence-corrected chi connectivity index (χ1v) is 6.83. The van der Waals surface area contributed by atoms with Gasteiger partial charge in [-0.15, -0.1) is 0 Å². The van der Waals surface area contributed by atoms with E-state index in [1.807, 2.05) is 18.2 Å². The summed E-state index contributed by atoms with van der Waals surface area (Å²) in [6.07, 6.45) is 6.30. The Morgan fingerprint density at radius 2 is 1.94 bits per heavy atom. The standard InChI is InChI=1S/C14H17BrO/c15-13-8-4-3-5-11(13)9-10-14(16)12-6-1-2-7-12/h3-5,8,12H,1-2,6-7,9-10H2. The fraction of sp³-hybridized carbons (Fsp3) is 0.500. The van der Waals surface area contributed by atoms with Crippen LogP contribution in [0.4, 0.5) is 0 Å². The van der Waals surface area contributed by atoms with Gasteiger partial charge >= 0.3 is 0 Å². The van der Waals surface area contributed by atoms with Crippen molar-refractivity contribution < 1.29 is 4.79 Å². The van der Waals surface area contributed by atoms with Crippen molar-refractivity contribution in [3.8, 4) is 0 Å². The second kappa shape index (κ2) is 5.62. The zero-order valence-corrected chi connectivity index (χ0v) is 11.0. The van der Waals surface area contributed by atoms with Crippen LogP contribution in [-0.2, 0) is 11.2 Å². The number of halogens is 1. The van der Waals surface area contributed by atoms with Gasteiger partial charge in [0.05, 0.1) is 0 Å². The quantitative estimate of drug-likeness (QED) is 0.810. The van der Waals surface area contributed by atoms with Gasteiger partial charge in [0.15, 0.2) is 0 Å². The summed E-state index contributed by atoms with van der Waals surface area (Å²) >= 11 is 3.52. The number of hydrogen-bond acceptors (Lipinski definition) is 1. The molecule has 1 aliphatic carbocycles. The third kappa shape index (κ3) is 2.94. The largest absolute Gasteiger partial charge is 0.299 e. The number of rotatable bonds is 4. The molecule has 1 nitrogen and oxygen atoms in total. The number of carbonyl (C=O) groups excluding carboxylic acids is 1. The minimum Gasteiger partial charge on any atom is -0.299 e. The van der Waals surface area contributed by atoms with Crippen molar-refractivity contribution in [3.05, 3.63) is 34.3 Å². The van der Waals surface area contributed by atoms with Gasteiger partial charge in [0, 0.05) is 16.8 Å². The van der Waals surface area contributed by atoms with E-state index in [1.54, 1.807) is 0 Å². The third-order valence-corrected chi connectivity index (χ3v) is 4.18.